The summed E-state index contributed by atoms with van der Waals surface area (Å²) in [5, 5.41) is 9.43. The van der Waals surface area contributed by atoms with Crippen LogP contribution in [0.4, 0.5) is 0 Å². The first kappa shape index (κ1) is 15.5. The van der Waals surface area contributed by atoms with E-state index in [4.69, 9.17) is 5.73 Å². The van der Waals surface area contributed by atoms with Gasteiger partial charge >= 0.3 is 5.97 Å². The molecule has 0 aliphatic carbocycles. The minimum absolute atomic E-state index is 0.0923. The molecule has 0 fully saturated rings. The van der Waals surface area contributed by atoms with Gasteiger partial charge in [0.1, 0.15) is 6.04 Å². The van der Waals surface area contributed by atoms with Crippen LogP contribution in [0.5, 0.6) is 0 Å². The number of hydrogen-bond donors (Lipinski definition) is 2. The summed E-state index contributed by atoms with van der Waals surface area (Å²) in [7, 11) is 0. The number of nitrogens with two attached hydrogens (primary N) is 1. The average molecular weight is 290 g/mol. The van der Waals surface area contributed by atoms with E-state index in [9.17, 15) is 14.7 Å². The van der Waals surface area contributed by atoms with Crippen molar-refractivity contribution in [1.82, 2.24) is 4.90 Å². The van der Waals surface area contributed by atoms with E-state index in [0.717, 1.165) is 17.5 Å². The van der Waals surface area contributed by atoms with Gasteiger partial charge in [-0.05, 0) is 30.5 Å². The molecule has 2 atom stereocenters. The Morgan fingerprint density at radius 3 is 2.67 bits per heavy atom. The van der Waals surface area contributed by atoms with Crippen molar-refractivity contribution < 1.29 is 14.7 Å². The van der Waals surface area contributed by atoms with Gasteiger partial charge in [0.2, 0.25) is 5.91 Å². The van der Waals surface area contributed by atoms with Crippen molar-refractivity contribution in [2.24, 2.45) is 11.7 Å². The van der Waals surface area contributed by atoms with E-state index in [1.54, 1.807) is 0 Å². The molecule has 0 bridgehead atoms. The molecule has 5 nitrogen and oxygen atoms in total. The van der Waals surface area contributed by atoms with Crippen molar-refractivity contribution in [2.75, 3.05) is 6.54 Å². The number of amides is 1. The summed E-state index contributed by atoms with van der Waals surface area (Å²) in [6.45, 7) is 2.76. The standard InChI is InChI=1S/C16H22N2O3/c1-11(5-4-8-17)15(19)18-10-13-7-3-2-6-12(13)9-14(18)16(20)21/h2-3,6-7,11,14H,4-5,8-10,17H2,1H3,(H,20,21). The lowest BCUT2D eigenvalue weighted by Crippen LogP contribution is -2.50. The van der Waals surface area contributed by atoms with Crippen LogP contribution in [0, 0.1) is 5.92 Å². The van der Waals surface area contributed by atoms with Gasteiger partial charge in [0.25, 0.3) is 0 Å². The Morgan fingerprint density at radius 1 is 1.38 bits per heavy atom. The minimum Gasteiger partial charge on any atom is -0.480 e. The van der Waals surface area contributed by atoms with E-state index in [1.807, 2.05) is 31.2 Å². The molecule has 0 radical (unpaired) electrons. The largest absolute Gasteiger partial charge is 0.480 e. The summed E-state index contributed by atoms with van der Waals surface area (Å²) < 4.78 is 0. The van der Waals surface area contributed by atoms with E-state index in [1.165, 1.54) is 4.90 Å². The molecule has 0 saturated carbocycles. The molecule has 1 aromatic carbocycles. The van der Waals surface area contributed by atoms with Crippen LogP contribution in [0.25, 0.3) is 0 Å². The predicted molar refractivity (Wildman–Crippen MR) is 79.6 cm³/mol. The average Bonchev–Trinajstić information content (AvgIpc) is 2.50. The van der Waals surface area contributed by atoms with Gasteiger partial charge in [-0.2, -0.15) is 0 Å². The maximum atomic E-state index is 12.6. The Labute approximate surface area is 124 Å². The normalized spacial score (nSPS) is 19.0. The lowest BCUT2D eigenvalue weighted by molar-refractivity contribution is -0.153. The van der Waals surface area contributed by atoms with Crippen LogP contribution in [-0.2, 0) is 22.6 Å². The second kappa shape index (κ2) is 6.72. The van der Waals surface area contributed by atoms with Gasteiger partial charge in [-0.1, -0.05) is 31.2 Å². The number of benzene rings is 1. The molecular formula is C16H22N2O3. The van der Waals surface area contributed by atoms with E-state index in [2.05, 4.69) is 0 Å². The summed E-state index contributed by atoms with van der Waals surface area (Å²) in [5.41, 5.74) is 7.53. The van der Waals surface area contributed by atoms with Crippen molar-refractivity contribution >= 4 is 11.9 Å². The molecule has 1 amide bonds. The zero-order valence-electron chi connectivity index (χ0n) is 12.3. The zero-order chi connectivity index (χ0) is 15.4. The number of carboxylic acids is 1. The molecule has 0 saturated heterocycles. The molecule has 3 N–H and O–H groups in total. The van der Waals surface area contributed by atoms with Gasteiger partial charge in [0.05, 0.1) is 0 Å². The van der Waals surface area contributed by atoms with Crippen molar-refractivity contribution in [1.29, 1.82) is 0 Å². The zero-order valence-corrected chi connectivity index (χ0v) is 12.3. The number of carbonyl (C=O) groups excluding carboxylic acids is 1. The van der Waals surface area contributed by atoms with E-state index >= 15 is 0 Å². The van der Waals surface area contributed by atoms with Gasteiger partial charge in [-0.15, -0.1) is 0 Å². The van der Waals surface area contributed by atoms with Crippen LogP contribution in [-0.4, -0.2) is 34.5 Å². The Kier molecular flexibility index (Phi) is 4.96. The summed E-state index contributed by atoms with van der Waals surface area (Å²) in [6.07, 6.45) is 1.84. The third-order valence-corrected chi connectivity index (χ3v) is 4.08. The first-order valence-electron chi connectivity index (χ1n) is 7.34. The summed E-state index contributed by atoms with van der Waals surface area (Å²) in [6, 6.07) is 6.94. The maximum absolute atomic E-state index is 12.6. The van der Waals surface area contributed by atoms with Gasteiger partial charge in [0, 0.05) is 18.9 Å². The minimum atomic E-state index is -0.941. The number of hydrogen-bond acceptors (Lipinski definition) is 3. The van der Waals surface area contributed by atoms with Gasteiger partial charge in [-0.3, -0.25) is 4.79 Å². The Hall–Kier alpha value is -1.88. The van der Waals surface area contributed by atoms with Gasteiger partial charge in [0.15, 0.2) is 0 Å². The number of carbonyl (C=O) groups is 2. The third-order valence-electron chi connectivity index (χ3n) is 4.08. The van der Waals surface area contributed by atoms with E-state index in [0.29, 0.717) is 25.9 Å². The molecule has 1 aromatic rings. The number of nitrogens with zero attached hydrogens (tertiary/aromatic N) is 1. The number of aliphatic carboxylic acids is 1. The van der Waals surface area contributed by atoms with Crippen molar-refractivity contribution in [3.05, 3.63) is 35.4 Å². The lowest BCUT2D eigenvalue weighted by atomic mass is 9.92. The van der Waals surface area contributed by atoms with Crippen molar-refractivity contribution in [3.8, 4) is 0 Å². The molecular weight excluding hydrogens is 268 g/mol. The fourth-order valence-corrected chi connectivity index (χ4v) is 2.81. The summed E-state index contributed by atoms with van der Waals surface area (Å²) in [5.74, 6) is -1.23. The molecule has 0 spiro atoms. The Bertz CT molecular complexity index is 530. The third kappa shape index (κ3) is 3.42. The molecule has 1 aliphatic rings. The number of carboxylic acid groups (broad SMARTS) is 1. The fraction of sp³-hybridized carbons (Fsp3) is 0.500. The van der Waals surface area contributed by atoms with Crippen LogP contribution < -0.4 is 5.73 Å². The lowest BCUT2D eigenvalue weighted by Gasteiger charge is -2.36. The highest BCUT2D eigenvalue weighted by Crippen LogP contribution is 2.25. The van der Waals surface area contributed by atoms with Crippen molar-refractivity contribution in [2.45, 2.75) is 38.8 Å². The SMILES string of the molecule is CC(CCCN)C(=O)N1Cc2ccccc2CC1C(=O)O. The van der Waals surface area contributed by atoms with Gasteiger partial charge < -0.3 is 15.7 Å². The van der Waals surface area contributed by atoms with Crippen LogP contribution >= 0.6 is 0 Å². The quantitative estimate of drug-likeness (QED) is 0.858. The van der Waals surface area contributed by atoms with E-state index < -0.39 is 12.0 Å². The monoisotopic (exact) mass is 290 g/mol. The molecule has 21 heavy (non-hydrogen) atoms. The van der Waals surface area contributed by atoms with Crippen LogP contribution in [0.2, 0.25) is 0 Å². The highest BCUT2D eigenvalue weighted by molar-refractivity contribution is 5.85. The second-order valence-corrected chi connectivity index (χ2v) is 5.62. The fourth-order valence-electron chi connectivity index (χ4n) is 2.81. The Morgan fingerprint density at radius 2 is 2.05 bits per heavy atom. The number of fused-ring (bicyclic) bond motifs is 1. The predicted octanol–water partition coefficient (Wildman–Crippen LogP) is 1.40. The smallest absolute Gasteiger partial charge is 0.326 e. The molecule has 5 heteroatoms. The first-order chi connectivity index (χ1) is 10.0. The van der Waals surface area contributed by atoms with Crippen molar-refractivity contribution in [3.63, 3.8) is 0 Å². The topological polar surface area (TPSA) is 83.6 Å². The molecule has 1 heterocycles. The maximum Gasteiger partial charge on any atom is 0.326 e. The Balaban J connectivity index is 2.20. The van der Waals surface area contributed by atoms with Crippen LogP contribution in [0.15, 0.2) is 24.3 Å². The molecule has 114 valence electrons. The van der Waals surface area contributed by atoms with Gasteiger partial charge in [-0.25, -0.2) is 4.79 Å². The van der Waals surface area contributed by atoms with Crippen LogP contribution in [0.1, 0.15) is 30.9 Å². The number of rotatable bonds is 5. The summed E-state index contributed by atoms with van der Waals surface area (Å²) in [4.78, 5) is 25.6. The molecule has 2 rings (SSSR count). The molecule has 2 unspecified atom stereocenters. The first-order valence-corrected chi connectivity index (χ1v) is 7.34. The summed E-state index contributed by atoms with van der Waals surface area (Å²) >= 11 is 0. The second-order valence-electron chi connectivity index (χ2n) is 5.62. The van der Waals surface area contributed by atoms with Crippen LogP contribution in [0.3, 0.4) is 0 Å². The van der Waals surface area contributed by atoms with E-state index in [-0.39, 0.29) is 11.8 Å². The molecule has 0 aromatic heterocycles. The highest BCUT2D eigenvalue weighted by Gasteiger charge is 2.35. The highest BCUT2D eigenvalue weighted by atomic mass is 16.4. The molecule has 1 aliphatic heterocycles.